The molecule has 0 bridgehead atoms. The molecule has 1 heteroatoms. The van der Waals surface area contributed by atoms with E-state index in [-0.39, 0.29) is 0 Å². The standard InChI is InChI=1S/C17H13B/c1-10-6-11-2-4-13-8-15(18)9-14-5-3-12(7-10)16(11)17(13)14/h2-6,9H,7-8H2,1H3. The molecule has 18 heavy (non-hydrogen) atoms. The van der Waals surface area contributed by atoms with Crippen LogP contribution >= 0.6 is 0 Å². The van der Waals surface area contributed by atoms with Crippen molar-refractivity contribution in [3.63, 3.8) is 0 Å². The molecule has 2 aromatic carbocycles. The van der Waals surface area contributed by atoms with Crippen molar-refractivity contribution in [3.8, 4) is 0 Å². The van der Waals surface area contributed by atoms with Crippen LogP contribution in [0.25, 0.3) is 22.9 Å². The van der Waals surface area contributed by atoms with Gasteiger partial charge in [-0.15, -0.1) is 5.47 Å². The van der Waals surface area contributed by atoms with Crippen LogP contribution in [0.3, 0.4) is 0 Å². The average Bonchev–Trinajstić information content (AvgIpc) is 2.34. The van der Waals surface area contributed by atoms with Gasteiger partial charge in [0.15, 0.2) is 0 Å². The van der Waals surface area contributed by atoms with E-state index in [2.05, 4.69) is 43.3 Å². The lowest BCUT2D eigenvalue weighted by Crippen LogP contribution is -2.04. The normalized spacial score (nSPS) is 16.5. The van der Waals surface area contributed by atoms with E-state index in [1.807, 2.05) is 0 Å². The van der Waals surface area contributed by atoms with Crippen molar-refractivity contribution >= 4 is 30.8 Å². The summed E-state index contributed by atoms with van der Waals surface area (Å²) >= 11 is 0. The molecule has 2 radical (unpaired) electrons. The minimum atomic E-state index is 0.885. The van der Waals surface area contributed by atoms with Crippen molar-refractivity contribution < 1.29 is 0 Å². The summed E-state index contributed by atoms with van der Waals surface area (Å²) in [6.45, 7) is 2.21. The van der Waals surface area contributed by atoms with Gasteiger partial charge in [0.1, 0.15) is 7.85 Å². The molecule has 84 valence electrons. The summed E-state index contributed by atoms with van der Waals surface area (Å²) in [4.78, 5) is 0. The van der Waals surface area contributed by atoms with Crippen LogP contribution in [-0.4, -0.2) is 7.85 Å². The molecule has 0 N–H and O–H groups in total. The van der Waals surface area contributed by atoms with Gasteiger partial charge < -0.3 is 0 Å². The third-order valence-corrected chi connectivity index (χ3v) is 4.00. The van der Waals surface area contributed by atoms with Crippen molar-refractivity contribution in [2.45, 2.75) is 19.8 Å². The molecule has 2 aliphatic carbocycles. The van der Waals surface area contributed by atoms with E-state index in [0.717, 1.165) is 18.3 Å². The summed E-state index contributed by atoms with van der Waals surface area (Å²) in [6, 6.07) is 8.96. The Morgan fingerprint density at radius 3 is 2.17 bits per heavy atom. The first-order chi connectivity index (χ1) is 8.72. The molecular formula is C17H13B. The second-order valence-electron chi connectivity index (χ2n) is 5.44. The van der Waals surface area contributed by atoms with Gasteiger partial charge in [0.2, 0.25) is 0 Å². The fourth-order valence-electron chi connectivity index (χ4n) is 3.32. The van der Waals surface area contributed by atoms with E-state index in [9.17, 15) is 0 Å². The van der Waals surface area contributed by atoms with Gasteiger partial charge in [0, 0.05) is 0 Å². The molecule has 4 rings (SSSR count). The van der Waals surface area contributed by atoms with Gasteiger partial charge >= 0.3 is 0 Å². The molecule has 0 fully saturated rings. The first-order valence-corrected chi connectivity index (χ1v) is 6.43. The molecule has 2 aromatic rings. The Balaban J connectivity index is 2.20. The van der Waals surface area contributed by atoms with Crippen LogP contribution in [-0.2, 0) is 12.8 Å². The number of allylic oxidation sites excluding steroid dienone is 2. The third kappa shape index (κ3) is 1.28. The topological polar surface area (TPSA) is 0 Å². The lowest BCUT2D eigenvalue weighted by molar-refractivity contribution is 1.15. The Morgan fingerprint density at radius 1 is 0.833 bits per heavy atom. The van der Waals surface area contributed by atoms with E-state index < -0.39 is 0 Å². The lowest BCUT2D eigenvalue weighted by atomic mass is 9.77. The highest BCUT2D eigenvalue weighted by Crippen LogP contribution is 2.38. The van der Waals surface area contributed by atoms with Crippen LogP contribution in [0.1, 0.15) is 29.2 Å². The summed E-state index contributed by atoms with van der Waals surface area (Å²) in [6.07, 6.45) is 6.40. The maximum atomic E-state index is 6.02. The molecule has 2 aliphatic rings. The summed E-state index contributed by atoms with van der Waals surface area (Å²) in [7, 11) is 6.02. The average molecular weight is 228 g/mol. The molecule has 0 atom stereocenters. The molecule has 0 spiro atoms. The summed E-state index contributed by atoms with van der Waals surface area (Å²) in [5, 5.41) is 2.86. The van der Waals surface area contributed by atoms with Gasteiger partial charge in [-0.3, -0.25) is 0 Å². The maximum absolute atomic E-state index is 6.02. The van der Waals surface area contributed by atoms with Crippen molar-refractivity contribution in [2.24, 2.45) is 0 Å². The number of rotatable bonds is 0. The van der Waals surface area contributed by atoms with Crippen LogP contribution in [0.5, 0.6) is 0 Å². The fourth-order valence-corrected chi connectivity index (χ4v) is 3.32. The highest BCUT2D eigenvalue weighted by molar-refractivity contribution is 6.25. The summed E-state index contributed by atoms with van der Waals surface area (Å²) in [5.41, 5.74) is 7.88. The zero-order chi connectivity index (χ0) is 12.3. The zero-order valence-electron chi connectivity index (χ0n) is 10.5. The monoisotopic (exact) mass is 228 g/mol. The third-order valence-electron chi connectivity index (χ3n) is 4.00. The number of benzene rings is 2. The Kier molecular flexibility index (Phi) is 1.92. The van der Waals surface area contributed by atoms with Crippen LogP contribution in [0, 0.1) is 0 Å². The molecule has 0 heterocycles. The van der Waals surface area contributed by atoms with Gasteiger partial charge in [0.05, 0.1) is 0 Å². The van der Waals surface area contributed by atoms with Crippen molar-refractivity contribution in [3.05, 3.63) is 57.6 Å². The molecule has 0 nitrogen and oxygen atoms in total. The van der Waals surface area contributed by atoms with Crippen molar-refractivity contribution in [1.29, 1.82) is 0 Å². The van der Waals surface area contributed by atoms with E-state index in [1.165, 1.54) is 38.6 Å². The second-order valence-corrected chi connectivity index (χ2v) is 5.44. The number of hydrogen-bond acceptors (Lipinski definition) is 0. The van der Waals surface area contributed by atoms with Crippen LogP contribution in [0.4, 0.5) is 0 Å². The van der Waals surface area contributed by atoms with E-state index in [0.29, 0.717) is 0 Å². The van der Waals surface area contributed by atoms with E-state index in [4.69, 9.17) is 7.85 Å². The maximum Gasteiger partial charge on any atom is 0.108 e. The zero-order valence-corrected chi connectivity index (χ0v) is 10.5. The minimum Gasteiger partial charge on any atom is -0.113 e. The van der Waals surface area contributed by atoms with Gasteiger partial charge in [-0.1, -0.05) is 42.0 Å². The summed E-state index contributed by atoms with van der Waals surface area (Å²) in [5.74, 6) is 0. The van der Waals surface area contributed by atoms with E-state index in [1.54, 1.807) is 0 Å². The second kappa shape index (κ2) is 3.38. The minimum absolute atomic E-state index is 0.885. The van der Waals surface area contributed by atoms with Gasteiger partial charge in [-0.2, -0.15) is 0 Å². The fraction of sp³-hybridized carbons (Fsp3) is 0.176. The predicted molar refractivity (Wildman–Crippen MR) is 78.7 cm³/mol. The quantitative estimate of drug-likeness (QED) is 0.600. The highest BCUT2D eigenvalue weighted by atomic mass is 14.2. The first-order valence-electron chi connectivity index (χ1n) is 6.43. The van der Waals surface area contributed by atoms with Crippen LogP contribution < -0.4 is 0 Å². The Labute approximate surface area is 108 Å². The molecule has 0 saturated carbocycles. The highest BCUT2D eigenvalue weighted by Gasteiger charge is 2.18. The van der Waals surface area contributed by atoms with Gasteiger partial charge in [-0.05, 0) is 52.8 Å². The molecule has 0 aliphatic heterocycles. The Morgan fingerprint density at radius 2 is 1.44 bits per heavy atom. The Bertz CT molecular complexity index is 683. The predicted octanol–water partition coefficient (Wildman–Crippen LogP) is 3.86. The largest absolute Gasteiger partial charge is 0.113 e. The molecule has 0 unspecified atom stereocenters. The Hall–Kier alpha value is -1.76. The smallest absolute Gasteiger partial charge is 0.108 e. The SMILES string of the molecule is [B]C1=Cc2ccc3c4c(ccc(c24)C1)C=C(C)C3. The van der Waals surface area contributed by atoms with E-state index >= 15 is 0 Å². The number of hydrogen-bond donors (Lipinski definition) is 0. The molecule has 0 amide bonds. The van der Waals surface area contributed by atoms with Gasteiger partial charge in [0.25, 0.3) is 0 Å². The lowest BCUT2D eigenvalue weighted by Gasteiger charge is -2.23. The first kappa shape index (κ1) is 10.2. The molecule has 0 aromatic heterocycles. The van der Waals surface area contributed by atoms with Crippen LogP contribution in [0.15, 0.2) is 35.3 Å². The molecular weight excluding hydrogens is 215 g/mol. The van der Waals surface area contributed by atoms with Crippen molar-refractivity contribution in [1.82, 2.24) is 0 Å². The van der Waals surface area contributed by atoms with Gasteiger partial charge in [-0.25, -0.2) is 0 Å². The van der Waals surface area contributed by atoms with Crippen LogP contribution in [0.2, 0.25) is 0 Å². The molecule has 0 saturated heterocycles. The van der Waals surface area contributed by atoms with Crippen molar-refractivity contribution in [2.75, 3.05) is 0 Å². The summed E-state index contributed by atoms with van der Waals surface area (Å²) < 4.78 is 0.